The van der Waals surface area contributed by atoms with Gasteiger partial charge in [-0.05, 0) is 65.8 Å². The monoisotopic (exact) mass is 720 g/mol. The number of aromatic hydroxyl groups is 2. The number of esters is 2. The van der Waals surface area contributed by atoms with Crippen molar-refractivity contribution >= 4 is 35.7 Å². The minimum atomic E-state index is -1.69. The predicted octanol–water partition coefficient (Wildman–Crippen LogP) is 2.40. The molecular formula is C34H44N2O15. The first-order valence-corrected chi connectivity index (χ1v) is 15.6. The number of carbonyl (C=O) groups excluding carboxylic acids is 4. The van der Waals surface area contributed by atoms with Crippen molar-refractivity contribution in [2.45, 2.75) is 77.7 Å². The number of nitrogens with one attached hydrogen (secondary N) is 2. The van der Waals surface area contributed by atoms with Gasteiger partial charge in [-0.15, -0.1) is 0 Å². The van der Waals surface area contributed by atoms with Crippen LogP contribution in [0.25, 0.3) is 0 Å². The van der Waals surface area contributed by atoms with Crippen molar-refractivity contribution in [1.82, 2.24) is 10.6 Å². The molecule has 2 atom stereocenters. The SMILES string of the molecule is CC(C)(C)OC(=O)C[C@H](NC(=O)c1cc(O)cc(OCCOCCOc2cc(O)cc(C(=O)N[C@@H](CC(=O)O)C(=O)O)c2)c1)C(=O)OC(C)(C)C. The average molecular weight is 721 g/mol. The van der Waals surface area contributed by atoms with Gasteiger partial charge in [0.2, 0.25) is 0 Å². The van der Waals surface area contributed by atoms with Gasteiger partial charge in [-0.25, -0.2) is 9.59 Å². The van der Waals surface area contributed by atoms with E-state index in [9.17, 15) is 39.0 Å². The molecule has 0 spiro atoms. The first-order valence-electron chi connectivity index (χ1n) is 15.6. The maximum atomic E-state index is 13.1. The number of amides is 2. The number of aliphatic carboxylic acids is 2. The van der Waals surface area contributed by atoms with Gasteiger partial charge in [0.05, 0.1) is 26.1 Å². The summed E-state index contributed by atoms with van der Waals surface area (Å²) in [5.74, 6) is -6.81. The normalized spacial score (nSPS) is 12.5. The standard InChI is InChI=1S/C34H44N2O15/c1-33(2,3)50-28(41)18-26(32(46)51-34(4,5)6)36-30(43)20-12-22(38)16-24(14-20)49-10-8-47-7-9-48-23-13-19(11-21(37)15-23)29(42)35-25(31(44)45)17-27(39)40/h11-16,25-26,37-38H,7-10,17-18H2,1-6H3,(H,35,42)(H,36,43)(H,39,40)(H,44,45)/t25-,26-/m0/s1. The second kappa shape index (κ2) is 18.4. The van der Waals surface area contributed by atoms with Gasteiger partial charge in [-0.2, -0.15) is 0 Å². The van der Waals surface area contributed by atoms with E-state index in [1.165, 1.54) is 24.3 Å². The highest BCUT2D eigenvalue weighted by Crippen LogP contribution is 2.24. The number of phenolic OH excluding ortho intramolecular Hbond substituents is 2. The number of carbonyl (C=O) groups is 6. The van der Waals surface area contributed by atoms with Gasteiger partial charge >= 0.3 is 23.9 Å². The van der Waals surface area contributed by atoms with E-state index in [4.69, 9.17) is 33.9 Å². The minimum absolute atomic E-state index is 0.0254. The maximum absolute atomic E-state index is 13.1. The summed E-state index contributed by atoms with van der Waals surface area (Å²) in [7, 11) is 0. The van der Waals surface area contributed by atoms with Gasteiger partial charge in [0.15, 0.2) is 0 Å². The molecule has 0 aromatic heterocycles. The molecule has 6 N–H and O–H groups in total. The summed E-state index contributed by atoms with van der Waals surface area (Å²) in [6.45, 7) is 9.87. The van der Waals surface area contributed by atoms with Crippen molar-refractivity contribution in [3.05, 3.63) is 47.5 Å². The lowest BCUT2D eigenvalue weighted by Gasteiger charge is -2.25. The Hall–Kier alpha value is -5.58. The lowest BCUT2D eigenvalue weighted by atomic mass is 10.1. The third kappa shape index (κ3) is 16.1. The van der Waals surface area contributed by atoms with Crippen LogP contribution in [0.4, 0.5) is 0 Å². The van der Waals surface area contributed by atoms with Crippen LogP contribution >= 0.6 is 0 Å². The Morgan fingerprint density at radius 2 is 1.08 bits per heavy atom. The highest BCUT2D eigenvalue weighted by molar-refractivity contribution is 5.99. The first-order chi connectivity index (χ1) is 23.6. The fourth-order valence-corrected chi connectivity index (χ4v) is 4.11. The van der Waals surface area contributed by atoms with Gasteiger partial charge in [-0.1, -0.05) is 0 Å². The second-order valence-corrected chi connectivity index (χ2v) is 13.1. The molecule has 51 heavy (non-hydrogen) atoms. The molecule has 0 aliphatic carbocycles. The van der Waals surface area contributed by atoms with Gasteiger partial charge < -0.3 is 54.7 Å². The zero-order chi connectivity index (χ0) is 38.5. The molecule has 2 rings (SSSR count). The largest absolute Gasteiger partial charge is 0.508 e. The summed E-state index contributed by atoms with van der Waals surface area (Å²) in [5.41, 5.74) is -1.97. The van der Waals surface area contributed by atoms with Crippen molar-refractivity contribution in [2.24, 2.45) is 0 Å². The number of phenols is 2. The average Bonchev–Trinajstić information content (AvgIpc) is 2.97. The summed E-state index contributed by atoms with van der Waals surface area (Å²) in [6.07, 6.45) is -1.34. The van der Waals surface area contributed by atoms with E-state index in [1.54, 1.807) is 41.5 Å². The highest BCUT2D eigenvalue weighted by atomic mass is 16.6. The van der Waals surface area contributed by atoms with Crippen LogP contribution in [0.1, 0.15) is 75.1 Å². The molecule has 0 saturated carbocycles. The van der Waals surface area contributed by atoms with Crippen LogP contribution in [0.2, 0.25) is 0 Å². The van der Waals surface area contributed by atoms with Crippen LogP contribution in [-0.2, 0) is 33.4 Å². The number of hydrogen-bond acceptors (Lipinski definition) is 13. The summed E-state index contributed by atoms with van der Waals surface area (Å²) in [4.78, 5) is 72.9. The summed E-state index contributed by atoms with van der Waals surface area (Å²) < 4.78 is 27.2. The van der Waals surface area contributed by atoms with Crippen molar-refractivity contribution in [3.8, 4) is 23.0 Å². The topological polar surface area (TPSA) is 254 Å². The minimum Gasteiger partial charge on any atom is -0.508 e. The Balaban J connectivity index is 1.92. The Labute approximate surface area is 293 Å². The molecule has 0 radical (unpaired) electrons. The highest BCUT2D eigenvalue weighted by Gasteiger charge is 2.31. The number of carboxylic acids is 2. The van der Waals surface area contributed by atoms with Crippen LogP contribution in [0.5, 0.6) is 23.0 Å². The Kier molecular flexibility index (Phi) is 15.0. The van der Waals surface area contributed by atoms with E-state index < -0.39 is 71.8 Å². The lowest BCUT2D eigenvalue weighted by Crippen LogP contribution is -2.46. The van der Waals surface area contributed by atoms with E-state index in [0.29, 0.717) is 0 Å². The van der Waals surface area contributed by atoms with Gasteiger partial charge in [-0.3, -0.25) is 19.2 Å². The predicted molar refractivity (Wildman–Crippen MR) is 177 cm³/mol. The zero-order valence-electron chi connectivity index (χ0n) is 29.1. The van der Waals surface area contributed by atoms with Crippen LogP contribution in [0.15, 0.2) is 36.4 Å². The van der Waals surface area contributed by atoms with Crippen molar-refractivity contribution in [2.75, 3.05) is 26.4 Å². The molecule has 0 aliphatic heterocycles. The molecule has 17 heteroatoms. The van der Waals surface area contributed by atoms with E-state index >= 15 is 0 Å². The van der Waals surface area contributed by atoms with Gasteiger partial charge in [0, 0.05) is 23.3 Å². The molecule has 17 nitrogen and oxygen atoms in total. The van der Waals surface area contributed by atoms with Crippen molar-refractivity contribution in [3.63, 3.8) is 0 Å². The van der Waals surface area contributed by atoms with Crippen LogP contribution in [0, 0.1) is 0 Å². The van der Waals surface area contributed by atoms with Gasteiger partial charge in [0.25, 0.3) is 11.8 Å². The number of carboxylic acid groups (broad SMARTS) is 2. The fraction of sp³-hybridized carbons (Fsp3) is 0.471. The third-order valence-electron chi connectivity index (χ3n) is 6.07. The smallest absolute Gasteiger partial charge is 0.329 e. The lowest BCUT2D eigenvalue weighted by molar-refractivity contribution is -0.164. The fourth-order valence-electron chi connectivity index (χ4n) is 4.11. The molecule has 2 amide bonds. The molecule has 0 heterocycles. The molecule has 2 aromatic carbocycles. The molecule has 0 saturated heterocycles. The summed E-state index contributed by atoms with van der Waals surface area (Å²) >= 11 is 0. The Bertz CT molecular complexity index is 1580. The molecule has 2 aromatic rings. The Morgan fingerprint density at radius 3 is 1.49 bits per heavy atom. The number of ether oxygens (including phenoxy) is 5. The number of benzene rings is 2. The Morgan fingerprint density at radius 1 is 0.627 bits per heavy atom. The van der Waals surface area contributed by atoms with Crippen molar-refractivity contribution in [1.29, 1.82) is 0 Å². The van der Waals surface area contributed by atoms with Crippen LogP contribution < -0.4 is 20.1 Å². The molecular weight excluding hydrogens is 676 g/mol. The summed E-state index contributed by atoms with van der Waals surface area (Å²) in [5, 5.41) is 42.7. The second-order valence-electron chi connectivity index (χ2n) is 13.1. The molecule has 0 bridgehead atoms. The van der Waals surface area contributed by atoms with Gasteiger partial charge in [0.1, 0.15) is 59.5 Å². The third-order valence-corrected chi connectivity index (χ3v) is 6.07. The van der Waals surface area contributed by atoms with E-state index in [0.717, 1.165) is 12.1 Å². The van der Waals surface area contributed by atoms with Crippen LogP contribution in [0.3, 0.4) is 0 Å². The quantitative estimate of drug-likeness (QED) is 0.0955. The number of rotatable bonds is 18. The molecule has 0 fully saturated rings. The number of hydrogen-bond donors (Lipinski definition) is 6. The summed E-state index contributed by atoms with van der Waals surface area (Å²) in [6, 6.07) is 4.12. The van der Waals surface area contributed by atoms with E-state index in [1.807, 2.05) is 0 Å². The van der Waals surface area contributed by atoms with Crippen LogP contribution in [-0.4, -0.2) is 106 Å². The first kappa shape index (κ1) is 41.6. The molecule has 0 unspecified atom stereocenters. The van der Waals surface area contributed by atoms with E-state index in [2.05, 4.69) is 10.6 Å². The molecule has 280 valence electrons. The zero-order valence-corrected chi connectivity index (χ0v) is 29.1. The van der Waals surface area contributed by atoms with Crippen molar-refractivity contribution < 1.29 is 72.9 Å². The van der Waals surface area contributed by atoms with E-state index in [-0.39, 0.29) is 60.6 Å². The molecule has 0 aliphatic rings. The maximum Gasteiger partial charge on any atom is 0.329 e.